The van der Waals surface area contributed by atoms with Crippen LogP contribution < -0.4 is 4.74 Å². The molecule has 0 heterocycles. The molecule has 1 aromatic carbocycles. The molecule has 0 aliphatic heterocycles. The Kier molecular flexibility index (Phi) is 5.46. The Morgan fingerprint density at radius 3 is 2.39 bits per heavy atom. The second-order valence-corrected chi connectivity index (χ2v) is 5.22. The normalized spacial score (nSPS) is 13.8. The first-order chi connectivity index (χ1) is 8.30. The van der Waals surface area contributed by atoms with Crippen LogP contribution in [-0.4, -0.2) is 19.0 Å². The van der Waals surface area contributed by atoms with Crippen LogP contribution >= 0.6 is 31.9 Å². The second-order valence-electron chi connectivity index (χ2n) is 3.45. The van der Waals surface area contributed by atoms with Gasteiger partial charge in [0.05, 0.1) is 6.61 Å². The highest BCUT2D eigenvalue weighted by Crippen LogP contribution is 2.45. The van der Waals surface area contributed by atoms with Gasteiger partial charge in [-0.05, 0) is 24.6 Å². The van der Waals surface area contributed by atoms with E-state index in [9.17, 15) is 17.6 Å². The topological polar surface area (TPSA) is 9.23 Å². The van der Waals surface area contributed by atoms with Crippen LogP contribution in [0.25, 0.3) is 0 Å². The van der Waals surface area contributed by atoms with Crippen molar-refractivity contribution >= 4 is 31.9 Å². The molecule has 1 unspecified atom stereocenters. The fourth-order valence-corrected chi connectivity index (χ4v) is 2.78. The van der Waals surface area contributed by atoms with E-state index >= 15 is 0 Å². The largest absolute Gasteiger partial charge is 0.494 e. The van der Waals surface area contributed by atoms with Crippen LogP contribution in [0.5, 0.6) is 5.75 Å². The van der Waals surface area contributed by atoms with Crippen LogP contribution in [0, 0.1) is 0 Å². The molecule has 1 rings (SSSR count). The monoisotopic (exact) mass is 392 g/mol. The minimum atomic E-state index is -4.14. The highest BCUT2D eigenvalue weighted by Gasteiger charge is 2.48. The lowest BCUT2D eigenvalue weighted by Gasteiger charge is -2.22. The van der Waals surface area contributed by atoms with Crippen molar-refractivity contribution in [2.45, 2.75) is 24.1 Å². The lowest BCUT2D eigenvalue weighted by atomic mass is 10.1. The number of hydrogen-bond donors (Lipinski definition) is 0. The fraction of sp³-hybridized carbons (Fsp3) is 0.455. The first-order valence-corrected chi connectivity index (χ1v) is 6.73. The van der Waals surface area contributed by atoms with Gasteiger partial charge >= 0.3 is 12.3 Å². The van der Waals surface area contributed by atoms with Crippen molar-refractivity contribution < 1.29 is 22.3 Å². The predicted octanol–water partition coefficient (Wildman–Crippen LogP) is 5.18. The van der Waals surface area contributed by atoms with Crippen molar-refractivity contribution in [3.8, 4) is 5.75 Å². The average molecular weight is 394 g/mol. The highest BCUT2D eigenvalue weighted by molar-refractivity contribution is 9.11. The van der Waals surface area contributed by atoms with E-state index in [-0.39, 0.29) is 10.0 Å². The maximum absolute atomic E-state index is 13.2. The summed E-state index contributed by atoms with van der Waals surface area (Å²) in [4.78, 5) is -1.77. The van der Waals surface area contributed by atoms with E-state index < -0.39 is 17.2 Å². The zero-order chi connectivity index (χ0) is 13.9. The van der Waals surface area contributed by atoms with Gasteiger partial charge in [-0.3, -0.25) is 0 Å². The Bertz CT molecular complexity index is 412. The molecular formula is C11H10Br2F4O. The average Bonchev–Trinajstić information content (AvgIpc) is 2.28. The molecule has 0 fully saturated rings. The molecule has 0 aliphatic carbocycles. The summed E-state index contributed by atoms with van der Waals surface area (Å²) in [5.74, 6) is -3.66. The van der Waals surface area contributed by atoms with Crippen molar-refractivity contribution in [3.63, 3.8) is 0 Å². The van der Waals surface area contributed by atoms with Gasteiger partial charge in [-0.1, -0.05) is 37.9 Å². The summed E-state index contributed by atoms with van der Waals surface area (Å²) in [7, 11) is 0. The number of ether oxygens (including phenoxy) is 1. The Hall–Kier alpha value is -0.300. The van der Waals surface area contributed by atoms with E-state index in [2.05, 4.69) is 31.9 Å². The van der Waals surface area contributed by atoms with Crippen molar-refractivity contribution in [2.24, 2.45) is 0 Å². The smallest absolute Gasteiger partial charge is 0.323 e. The van der Waals surface area contributed by atoms with E-state index in [0.29, 0.717) is 12.4 Å². The van der Waals surface area contributed by atoms with E-state index in [1.807, 2.05) is 0 Å². The van der Waals surface area contributed by atoms with Gasteiger partial charge < -0.3 is 4.74 Å². The van der Waals surface area contributed by atoms with Gasteiger partial charge in [0, 0.05) is 4.47 Å². The molecule has 0 N–H and O–H groups in total. The minimum absolute atomic E-state index is 0.0451. The van der Waals surface area contributed by atoms with Crippen LogP contribution in [0.4, 0.5) is 17.6 Å². The Balaban J connectivity index is 3.03. The van der Waals surface area contributed by atoms with Gasteiger partial charge in [0.1, 0.15) is 10.6 Å². The number of halogens is 6. The van der Waals surface area contributed by atoms with Crippen molar-refractivity contribution in [1.82, 2.24) is 0 Å². The van der Waals surface area contributed by atoms with E-state index in [4.69, 9.17) is 4.74 Å². The molecule has 102 valence electrons. The number of benzene rings is 1. The Labute approximate surface area is 119 Å². The van der Waals surface area contributed by atoms with Crippen LogP contribution in [0.15, 0.2) is 22.7 Å². The molecule has 0 bridgehead atoms. The third-order valence-corrected chi connectivity index (χ3v) is 3.98. The molecule has 1 nitrogen and oxygen atoms in total. The molecule has 0 radical (unpaired) electrons. The second kappa shape index (κ2) is 6.23. The molecule has 0 spiro atoms. The number of rotatable bonds is 5. The van der Waals surface area contributed by atoms with Crippen molar-refractivity contribution in [3.05, 3.63) is 28.2 Å². The molecule has 1 atom stereocenters. The minimum Gasteiger partial charge on any atom is -0.494 e. The van der Waals surface area contributed by atoms with Gasteiger partial charge in [0.25, 0.3) is 0 Å². The quantitative estimate of drug-likeness (QED) is 0.494. The number of hydrogen-bond acceptors (Lipinski definition) is 1. The Morgan fingerprint density at radius 1 is 1.33 bits per heavy atom. The molecule has 0 aromatic heterocycles. The first kappa shape index (κ1) is 15.8. The summed E-state index contributed by atoms with van der Waals surface area (Å²) in [5, 5.41) is 0. The predicted molar refractivity (Wildman–Crippen MR) is 67.9 cm³/mol. The van der Waals surface area contributed by atoms with Crippen molar-refractivity contribution in [1.29, 1.82) is 0 Å². The molecule has 1 aromatic rings. The van der Waals surface area contributed by atoms with Gasteiger partial charge in [-0.15, -0.1) is 0 Å². The van der Waals surface area contributed by atoms with E-state index in [1.54, 1.807) is 6.92 Å². The Morgan fingerprint density at radius 2 is 1.94 bits per heavy atom. The molecule has 0 aliphatic rings. The summed E-state index contributed by atoms with van der Waals surface area (Å²) in [6.45, 7) is 2.21. The van der Waals surface area contributed by atoms with Crippen LogP contribution in [0.3, 0.4) is 0 Å². The zero-order valence-electron chi connectivity index (χ0n) is 9.27. The third-order valence-electron chi connectivity index (χ3n) is 2.18. The summed E-state index contributed by atoms with van der Waals surface area (Å²) >= 11 is 5.69. The van der Waals surface area contributed by atoms with Gasteiger partial charge in [-0.25, -0.2) is 8.78 Å². The summed E-state index contributed by atoms with van der Waals surface area (Å²) in [6.07, 6.45) is -3.74. The van der Waals surface area contributed by atoms with Crippen LogP contribution in [0.1, 0.15) is 17.3 Å². The third kappa shape index (κ3) is 3.38. The molecule has 18 heavy (non-hydrogen) atoms. The van der Waals surface area contributed by atoms with E-state index in [0.717, 1.165) is 0 Å². The lowest BCUT2D eigenvalue weighted by molar-refractivity contribution is -0.127. The van der Waals surface area contributed by atoms with Gasteiger partial charge in [-0.2, -0.15) is 8.78 Å². The number of alkyl halides is 5. The summed E-state index contributed by atoms with van der Waals surface area (Å²) < 4.78 is 56.4. The van der Waals surface area contributed by atoms with Crippen molar-refractivity contribution in [2.75, 3.05) is 6.61 Å². The standard InChI is InChI=1S/C11H10Br2F4O/c1-2-18-6-3-4-7(8(12)5-6)9(13)11(16,17)10(14)15/h3-5,9-10H,2H2,1H3. The molecule has 0 amide bonds. The summed E-state index contributed by atoms with van der Waals surface area (Å²) in [6, 6.07) is 4.25. The van der Waals surface area contributed by atoms with Crippen LogP contribution in [0.2, 0.25) is 0 Å². The molecular weight excluding hydrogens is 384 g/mol. The highest BCUT2D eigenvalue weighted by atomic mass is 79.9. The fourth-order valence-electron chi connectivity index (χ4n) is 1.29. The van der Waals surface area contributed by atoms with E-state index in [1.165, 1.54) is 18.2 Å². The van der Waals surface area contributed by atoms with Gasteiger partial charge in [0.15, 0.2) is 0 Å². The SMILES string of the molecule is CCOc1ccc(C(Br)C(F)(F)C(F)F)c(Br)c1. The maximum atomic E-state index is 13.2. The first-order valence-electron chi connectivity index (χ1n) is 5.03. The van der Waals surface area contributed by atoms with Gasteiger partial charge in [0.2, 0.25) is 0 Å². The van der Waals surface area contributed by atoms with Crippen LogP contribution in [-0.2, 0) is 0 Å². The lowest BCUT2D eigenvalue weighted by Crippen LogP contribution is -2.31. The molecule has 0 saturated carbocycles. The molecule has 0 saturated heterocycles. The maximum Gasteiger partial charge on any atom is 0.323 e. The molecule has 7 heteroatoms. The summed E-state index contributed by atoms with van der Waals surface area (Å²) in [5.41, 5.74) is 0.0451. The zero-order valence-corrected chi connectivity index (χ0v) is 12.4.